The number of aromatic nitrogens is 4. The molecule has 3 aromatic heterocycles. The van der Waals surface area contributed by atoms with Gasteiger partial charge >= 0.3 is 0 Å². The highest BCUT2D eigenvalue weighted by Gasteiger charge is 2.10. The van der Waals surface area contributed by atoms with Crippen molar-refractivity contribution >= 4 is 34.1 Å². The number of anilines is 2. The SMILES string of the molecule is Fc1cccc(Cn2cnc3ccc(-c4cc(NCCNc5ccncc5)ncc4Cl)cc32)c1. The lowest BCUT2D eigenvalue weighted by Crippen LogP contribution is -2.14. The number of rotatable bonds is 8. The van der Waals surface area contributed by atoms with Crippen LogP contribution in [0.25, 0.3) is 22.2 Å². The maximum absolute atomic E-state index is 13.6. The first kappa shape index (κ1) is 21.9. The summed E-state index contributed by atoms with van der Waals surface area (Å²) in [6.07, 6.45) is 6.94. The van der Waals surface area contributed by atoms with E-state index >= 15 is 0 Å². The van der Waals surface area contributed by atoms with E-state index in [4.69, 9.17) is 11.6 Å². The predicted molar refractivity (Wildman–Crippen MR) is 135 cm³/mol. The molecule has 0 atom stereocenters. The average molecular weight is 473 g/mol. The third-order valence-corrected chi connectivity index (χ3v) is 5.77. The minimum absolute atomic E-state index is 0.248. The molecule has 34 heavy (non-hydrogen) atoms. The third kappa shape index (κ3) is 5.00. The first-order chi connectivity index (χ1) is 16.7. The number of fused-ring (bicyclic) bond motifs is 1. The summed E-state index contributed by atoms with van der Waals surface area (Å²) in [6, 6.07) is 18.4. The van der Waals surface area contributed by atoms with Gasteiger partial charge in [-0.1, -0.05) is 29.8 Å². The van der Waals surface area contributed by atoms with Gasteiger partial charge in [-0.25, -0.2) is 14.4 Å². The Labute approximate surface area is 201 Å². The average Bonchev–Trinajstić information content (AvgIpc) is 3.25. The molecule has 6 nitrogen and oxygen atoms in total. The minimum Gasteiger partial charge on any atom is -0.383 e. The second-order valence-electron chi connectivity index (χ2n) is 7.84. The van der Waals surface area contributed by atoms with Crippen LogP contribution in [-0.4, -0.2) is 32.6 Å². The summed E-state index contributed by atoms with van der Waals surface area (Å²) in [4.78, 5) is 12.9. The Balaban J connectivity index is 1.34. The molecule has 0 aliphatic rings. The Morgan fingerprint density at radius 3 is 2.62 bits per heavy atom. The number of hydrogen-bond acceptors (Lipinski definition) is 5. The van der Waals surface area contributed by atoms with Crippen LogP contribution in [-0.2, 0) is 6.54 Å². The van der Waals surface area contributed by atoms with Gasteiger partial charge in [-0.05, 0) is 53.6 Å². The van der Waals surface area contributed by atoms with Gasteiger partial charge in [0, 0.05) is 49.5 Å². The normalized spacial score (nSPS) is 11.0. The van der Waals surface area contributed by atoms with E-state index in [2.05, 4.69) is 31.7 Å². The quantitative estimate of drug-likeness (QED) is 0.277. The fourth-order valence-corrected chi connectivity index (χ4v) is 4.02. The third-order valence-electron chi connectivity index (χ3n) is 5.47. The van der Waals surface area contributed by atoms with E-state index in [9.17, 15) is 4.39 Å². The van der Waals surface area contributed by atoms with Gasteiger partial charge in [-0.15, -0.1) is 0 Å². The second kappa shape index (κ2) is 9.89. The molecule has 0 unspecified atom stereocenters. The molecule has 0 fully saturated rings. The van der Waals surface area contributed by atoms with Crippen LogP contribution in [0.3, 0.4) is 0 Å². The van der Waals surface area contributed by atoms with Crippen molar-refractivity contribution in [3.05, 3.63) is 102 Å². The van der Waals surface area contributed by atoms with Crippen LogP contribution in [0.2, 0.25) is 5.02 Å². The molecule has 8 heteroatoms. The molecular weight excluding hydrogens is 451 g/mol. The number of nitrogens with zero attached hydrogens (tertiary/aromatic N) is 4. The number of nitrogens with one attached hydrogen (secondary N) is 2. The van der Waals surface area contributed by atoms with Gasteiger partial charge in [0.1, 0.15) is 11.6 Å². The number of benzene rings is 2. The highest BCUT2D eigenvalue weighted by atomic mass is 35.5. The van der Waals surface area contributed by atoms with E-state index < -0.39 is 0 Å². The second-order valence-corrected chi connectivity index (χ2v) is 8.25. The van der Waals surface area contributed by atoms with Crippen LogP contribution >= 0.6 is 11.6 Å². The molecule has 0 aliphatic heterocycles. The monoisotopic (exact) mass is 472 g/mol. The Kier molecular flexibility index (Phi) is 6.35. The van der Waals surface area contributed by atoms with E-state index in [1.54, 1.807) is 31.0 Å². The van der Waals surface area contributed by atoms with Crippen molar-refractivity contribution in [1.82, 2.24) is 19.5 Å². The van der Waals surface area contributed by atoms with E-state index in [1.807, 2.05) is 41.0 Å². The maximum Gasteiger partial charge on any atom is 0.126 e. The van der Waals surface area contributed by atoms with Crippen LogP contribution < -0.4 is 10.6 Å². The molecular formula is C26H22ClFN6. The smallest absolute Gasteiger partial charge is 0.126 e. The molecule has 0 saturated carbocycles. The van der Waals surface area contributed by atoms with Crippen molar-refractivity contribution in [3.8, 4) is 11.1 Å². The Hall–Kier alpha value is -3.97. The van der Waals surface area contributed by atoms with Crippen LogP contribution in [0.1, 0.15) is 5.56 Å². The van der Waals surface area contributed by atoms with Crippen LogP contribution in [0.5, 0.6) is 0 Å². The summed E-state index contributed by atoms with van der Waals surface area (Å²) in [6.45, 7) is 1.95. The van der Waals surface area contributed by atoms with E-state index in [0.29, 0.717) is 18.1 Å². The van der Waals surface area contributed by atoms with Gasteiger partial charge in [0.2, 0.25) is 0 Å². The number of hydrogen-bond donors (Lipinski definition) is 2. The summed E-state index contributed by atoms with van der Waals surface area (Å²) in [5.74, 6) is 0.492. The number of imidazole rings is 1. The molecule has 5 aromatic rings. The van der Waals surface area contributed by atoms with E-state index in [-0.39, 0.29) is 5.82 Å². The lowest BCUT2D eigenvalue weighted by molar-refractivity contribution is 0.624. The summed E-state index contributed by atoms with van der Waals surface area (Å²) < 4.78 is 15.6. The van der Waals surface area contributed by atoms with E-state index in [1.165, 1.54) is 12.1 Å². The van der Waals surface area contributed by atoms with Gasteiger partial charge in [0.25, 0.3) is 0 Å². The minimum atomic E-state index is -0.248. The molecule has 0 aliphatic carbocycles. The molecule has 0 radical (unpaired) electrons. The van der Waals surface area contributed by atoms with Gasteiger partial charge in [-0.3, -0.25) is 4.98 Å². The van der Waals surface area contributed by atoms with Gasteiger partial charge in [0.15, 0.2) is 0 Å². The molecule has 170 valence electrons. The van der Waals surface area contributed by atoms with E-state index in [0.717, 1.165) is 45.8 Å². The Bertz CT molecular complexity index is 1420. The first-order valence-corrected chi connectivity index (χ1v) is 11.3. The lowest BCUT2D eigenvalue weighted by atomic mass is 10.1. The zero-order chi connectivity index (χ0) is 23.3. The molecule has 0 amide bonds. The molecule has 5 rings (SSSR count). The fourth-order valence-electron chi connectivity index (χ4n) is 3.81. The maximum atomic E-state index is 13.6. The van der Waals surface area contributed by atoms with Crippen LogP contribution in [0.4, 0.5) is 15.9 Å². The van der Waals surface area contributed by atoms with Crippen molar-refractivity contribution in [2.24, 2.45) is 0 Å². The topological polar surface area (TPSA) is 67.7 Å². The van der Waals surface area contributed by atoms with Gasteiger partial charge < -0.3 is 15.2 Å². The molecule has 0 bridgehead atoms. The first-order valence-electron chi connectivity index (χ1n) is 10.9. The summed E-state index contributed by atoms with van der Waals surface area (Å²) >= 11 is 6.51. The fraction of sp³-hybridized carbons (Fsp3) is 0.115. The summed E-state index contributed by atoms with van der Waals surface area (Å²) in [5.41, 5.74) is 5.54. The molecule has 2 N–H and O–H groups in total. The standard InChI is InChI=1S/C26H22ClFN6/c27-23-15-32-26(31-11-10-30-21-6-8-29-9-7-21)14-22(23)19-4-5-24-25(13-19)34(17-33-24)16-18-2-1-3-20(28)12-18/h1-9,12-15,17H,10-11,16H2,(H,29,30)(H,31,32). The summed E-state index contributed by atoms with van der Waals surface area (Å²) in [5, 5.41) is 7.23. The van der Waals surface area contributed by atoms with Crippen molar-refractivity contribution < 1.29 is 4.39 Å². The molecule has 0 spiro atoms. The number of pyridine rings is 2. The predicted octanol–water partition coefficient (Wildman–Crippen LogP) is 5.86. The lowest BCUT2D eigenvalue weighted by Gasteiger charge is -2.11. The zero-order valence-corrected chi connectivity index (χ0v) is 19.0. The van der Waals surface area contributed by atoms with Gasteiger partial charge in [0.05, 0.1) is 22.4 Å². The van der Waals surface area contributed by atoms with Gasteiger partial charge in [-0.2, -0.15) is 0 Å². The molecule has 0 saturated heterocycles. The Morgan fingerprint density at radius 1 is 0.912 bits per heavy atom. The highest BCUT2D eigenvalue weighted by molar-refractivity contribution is 6.33. The zero-order valence-electron chi connectivity index (χ0n) is 18.2. The van der Waals surface area contributed by atoms with Crippen LogP contribution in [0, 0.1) is 5.82 Å². The van der Waals surface area contributed by atoms with Crippen molar-refractivity contribution in [1.29, 1.82) is 0 Å². The van der Waals surface area contributed by atoms with Crippen molar-refractivity contribution in [2.45, 2.75) is 6.54 Å². The van der Waals surface area contributed by atoms with Crippen molar-refractivity contribution in [2.75, 3.05) is 23.7 Å². The largest absolute Gasteiger partial charge is 0.383 e. The molecule has 2 aromatic carbocycles. The molecule has 3 heterocycles. The van der Waals surface area contributed by atoms with Crippen molar-refractivity contribution in [3.63, 3.8) is 0 Å². The highest BCUT2D eigenvalue weighted by Crippen LogP contribution is 2.31. The van der Waals surface area contributed by atoms with Crippen LogP contribution in [0.15, 0.2) is 85.6 Å². The number of halogens is 2. The summed E-state index contributed by atoms with van der Waals surface area (Å²) in [7, 11) is 0. The Morgan fingerprint density at radius 2 is 1.76 bits per heavy atom.